The van der Waals surface area contributed by atoms with E-state index in [1.165, 1.54) is 0 Å². The molecule has 0 amide bonds. The summed E-state index contributed by atoms with van der Waals surface area (Å²) in [5.74, 6) is 0.419. The van der Waals surface area contributed by atoms with Gasteiger partial charge in [0.25, 0.3) is 0 Å². The molecule has 0 bridgehead atoms. The zero-order valence-electron chi connectivity index (χ0n) is 13.9. The molecule has 1 unspecified atom stereocenters. The van der Waals surface area contributed by atoms with E-state index in [4.69, 9.17) is 0 Å². The van der Waals surface area contributed by atoms with Crippen LogP contribution in [0, 0.1) is 0 Å². The van der Waals surface area contributed by atoms with Gasteiger partial charge in [-0.15, -0.1) is 0 Å². The molecule has 1 aromatic carbocycles. The molecule has 1 heterocycles. The Morgan fingerprint density at radius 2 is 2.04 bits per heavy atom. The van der Waals surface area contributed by atoms with Crippen molar-refractivity contribution in [2.75, 3.05) is 19.4 Å². The van der Waals surface area contributed by atoms with Crippen LogP contribution in [0.4, 0.5) is 5.82 Å². The number of carboxylic acid groups (broad SMARTS) is 1. The minimum Gasteiger partial charge on any atom is -0.480 e. The predicted octanol–water partition coefficient (Wildman–Crippen LogP) is 2.75. The topological polar surface area (TPSA) is 78.4 Å². The molecule has 0 fully saturated rings. The fraction of sp³-hybridized carbons (Fsp3) is 0.471. The van der Waals surface area contributed by atoms with Crippen LogP contribution in [0.5, 0.6) is 0 Å². The van der Waals surface area contributed by atoms with Crippen molar-refractivity contribution in [3.8, 4) is 0 Å². The van der Waals surface area contributed by atoms with Crippen molar-refractivity contribution in [2.45, 2.75) is 38.8 Å². The summed E-state index contributed by atoms with van der Waals surface area (Å²) in [5.41, 5.74) is 0.821. The van der Waals surface area contributed by atoms with Gasteiger partial charge in [0.1, 0.15) is 17.7 Å². The molecule has 6 nitrogen and oxygen atoms in total. The zero-order chi connectivity index (χ0) is 16.8. The van der Waals surface area contributed by atoms with Gasteiger partial charge in [-0.2, -0.15) is 0 Å². The fourth-order valence-corrected chi connectivity index (χ4v) is 2.42. The minimum atomic E-state index is -0.852. The van der Waals surface area contributed by atoms with Crippen molar-refractivity contribution < 1.29 is 9.90 Å². The molecule has 0 saturated carbocycles. The lowest BCUT2D eigenvalue weighted by atomic mass is 10.1. The van der Waals surface area contributed by atoms with E-state index >= 15 is 0 Å². The summed E-state index contributed by atoms with van der Waals surface area (Å²) in [6.45, 7) is 2.65. The fourth-order valence-electron chi connectivity index (χ4n) is 2.42. The van der Waals surface area contributed by atoms with Gasteiger partial charge in [0.2, 0.25) is 0 Å². The third kappa shape index (κ3) is 4.63. The summed E-state index contributed by atoms with van der Waals surface area (Å²) in [6, 6.07) is 7.02. The maximum Gasteiger partial charge on any atom is 0.326 e. The molecule has 0 aliphatic carbocycles. The van der Waals surface area contributed by atoms with Crippen LogP contribution in [0.1, 0.15) is 32.0 Å². The van der Waals surface area contributed by atoms with Crippen LogP contribution in [-0.4, -0.2) is 46.1 Å². The molecule has 0 aliphatic rings. The number of para-hydroxylation sites is 1. The highest BCUT2D eigenvalue weighted by molar-refractivity contribution is 5.90. The van der Waals surface area contributed by atoms with Gasteiger partial charge in [0, 0.05) is 5.39 Å². The Hall–Kier alpha value is -2.21. The molecule has 23 heavy (non-hydrogen) atoms. The van der Waals surface area contributed by atoms with Gasteiger partial charge in [-0.1, -0.05) is 31.9 Å². The van der Waals surface area contributed by atoms with Gasteiger partial charge in [-0.25, -0.2) is 14.8 Å². The van der Waals surface area contributed by atoms with Crippen molar-refractivity contribution in [2.24, 2.45) is 0 Å². The lowest BCUT2D eigenvalue weighted by molar-refractivity contribution is -0.138. The quantitative estimate of drug-likeness (QED) is 0.779. The number of hydrogen-bond donors (Lipinski definition) is 2. The van der Waals surface area contributed by atoms with Crippen LogP contribution < -0.4 is 5.32 Å². The molecule has 1 atom stereocenters. The number of nitrogens with one attached hydrogen (secondary N) is 1. The molecule has 0 spiro atoms. The summed E-state index contributed by atoms with van der Waals surface area (Å²) < 4.78 is 0. The van der Waals surface area contributed by atoms with E-state index in [1.807, 2.05) is 50.2 Å². The Morgan fingerprint density at radius 3 is 2.70 bits per heavy atom. The number of fused-ring (bicyclic) bond motifs is 1. The van der Waals surface area contributed by atoms with Gasteiger partial charge < -0.3 is 15.3 Å². The lowest BCUT2D eigenvalue weighted by Gasteiger charge is -2.17. The second-order valence-corrected chi connectivity index (χ2v) is 5.92. The molecule has 0 saturated heterocycles. The van der Waals surface area contributed by atoms with Crippen LogP contribution in [0.3, 0.4) is 0 Å². The number of benzene rings is 1. The van der Waals surface area contributed by atoms with Gasteiger partial charge in [0.05, 0.1) is 12.1 Å². The number of aliphatic carboxylic acids is 1. The number of hydrogen-bond acceptors (Lipinski definition) is 5. The average molecular weight is 316 g/mol. The number of unbranched alkanes of at least 4 members (excludes halogenated alkanes) is 1. The third-order valence-electron chi connectivity index (χ3n) is 3.56. The molecular formula is C17H24N4O2. The van der Waals surface area contributed by atoms with E-state index in [2.05, 4.69) is 15.3 Å². The highest BCUT2D eigenvalue weighted by atomic mass is 16.4. The highest BCUT2D eigenvalue weighted by Crippen LogP contribution is 2.22. The number of nitrogens with zero attached hydrogens (tertiary/aromatic N) is 3. The van der Waals surface area contributed by atoms with E-state index in [0.29, 0.717) is 24.6 Å². The minimum absolute atomic E-state index is 0.577. The largest absolute Gasteiger partial charge is 0.480 e. The SMILES string of the molecule is CCCCC(Nc1nc(CN(C)C)nc2ccccc12)C(=O)O. The molecular weight excluding hydrogens is 292 g/mol. The molecule has 0 aliphatic heterocycles. The maximum atomic E-state index is 11.5. The maximum absolute atomic E-state index is 11.5. The van der Waals surface area contributed by atoms with Crippen molar-refractivity contribution in [1.29, 1.82) is 0 Å². The summed E-state index contributed by atoms with van der Waals surface area (Å²) in [6.07, 6.45) is 2.40. The van der Waals surface area contributed by atoms with E-state index in [9.17, 15) is 9.90 Å². The number of carboxylic acids is 1. The highest BCUT2D eigenvalue weighted by Gasteiger charge is 2.19. The third-order valence-corrected chi connectivity index (χ3v) is 3.56. The molecule has 2 aromatic rings. The number of anilines is 1. The van der Waals surface area contributed by atoms with Crippen LogP contribution in [0.15, 0.2) is 24.3 Å². The normalized spacial score (nSPS) is 12.5. The Balaban J connectivity index is 2.38. The second kappa shape index (κ2) is 7.87. The number of aromatic nitrogens is 2. The second-order valence-electron chi connectivity index (χ2n) is 5.92. The predicted molar refractivity (Wildman–Crippen MR) is 91.5 cm³/mol. The van der Waals surface area contributed by atoms with Gasteiger partial charge in [-0.05, 0) is 32.6 Å². The molecule has 1 aromatic heterocycles. The molecule has 124 valence electrons. The van der Waals surface area contributed by atoms with E-state index in [1.54, 1.807) is 0 Å². The first kappa shape index (κ1) is 17.1. The van der Waals surface area contributed by atoms with Crippen LogP contribution in [0.2, 0.25) is 0 Å². The van der Waals surface area contributed by atoms with Crippen molar-refractivity contribution in [3.63, 3.8) is 0 Å². The number of carbonyl (C=O) groups is 1. The van der Waals surface area contributed by atoms with Gasteiger partial charge in [-0.3, -0.25) is 0 Å². The van der Waals surface area contributed by atoms with E-state index < -0.39 is 12.0 Å². The summed E-state index contributed by atoms with van der Waals surface area (Å²) in [7, 11) is 3.90. The standard InChI is InChI=1S/C17H24N4O2/c1-4-5-9-14(17(22)23)19-16-12-8-6-7-10-13(12)18-15(20-16)11-21(2)3/h6-8,10,14H,4-5,9,11H2,1-3H3,(H,22,23)(H,18,19,20). The molecule has 2 N–H and O–H groups in total. The molecule has 0 radical (unpaired) electrons. The molecule has 2 rings (SSSR count). The van der Waals surface area contributed by atoms with Crippen LogP contribution in [0.25, 0.3) is 10.9 Å². The van der Waals surface area contributed by atoms with Gasteiger partial charge in [0.15, 0.2) is 0 Å². The van der Waals surface area contributed by atoms with Crippen molar-refractivity contribution >= 4 is 22.7 Å². The number of rotatable bonds is 8. The van der Waals surface area contributed by atoms with E-state index in [-0.39, 0.29) is 0 Å². The zero-order valence-corrected chi connectivity index (χ0v) is 13.9. The first-order valence-electron chi connectivity index (χ1n) is 7.91. The Morgan fingerprint density at radius 1 is 1.30 bits per heavy atom. The first-order valence-corrected chi connectivity index (χ1v) is 7.91. The Labute approximate surface area is 136 Å². The monoisotopic (exact) mass is 316 g/mol. The smallest absolute Gasteiger partial charge is 0.326 e. The van der Waals surface area contributed by atoms with Gasteiger partial charge >= 0.3 is 5.97 Å². The summed E-state index contributed by atoms with van der Waals surface area (Å²) in [4.78, 5) is 22.6. The molecule has 6 heteroatoms. The first-order chi connectivity index (χ1) is 11.0. The Bertz CT molecular complexity index is 673. The lowest BCUT2D eigenvalue weighted by Crippen LogP contribution is -2.30. The van der Waals surface area contributed by atoms with Crippen molar-refractivity contribution in [3.05, 3.63) is 30.1 Å². The van der Waals surface area contributed by atoms with Crippen LogP contribution in [-0.2, 0) is 11.3 Å². The van der Waals surface area contributed by atoms with Crippen LogP contribution >= 0.6 is 0 Å². The summed E-state index contributed by atoms with van der Waals surface area (Å²) >= 11 is 0. The Kier molecular flexibility index (Phi) is 5.87. The summed E-state index contributed by atoms with van der Waals surface area (Å²) in [5, 5.41) is 13.4. The van der Waals surface area contributed by atoms with E-state index in [0.717, 1.165) is 23.7 Å². The average Bonchev–Trinajstić information content (AvgIpc) is 2.50. The van der Waals surface area contributed by atoms with Crippen molar-refractivity contribution in [1.82, 2.24) is 14.9 Å².